The van der Waals surface area contributed by atoms with Gasteiger partial charge in [-0.05, 0) is 29.3 Å². The fourth-order valence-electron chi connectivity index (χ4n) is 3.73. The highest BCUT2D eigenvalue weighted by atomic mass is 16.5. The van der Waals surface area contributed by atoms with Crippen molar-refractivity contribution in [3.63, 3.8) is 0 Å². The smallest absolute Gasteiger partial charge is 0.245 e. The first-order valence-corrected chi connectivity index (χ1v) is 9.98. The average molecular weight is 389 g/mol. The number of rotatable bonds is 5. The minimum absolute atomic E-state index is 0.538. The van der Waals surface area contributed by atoms with Crippen LogP contribution in [0.4, 0.5) is 5.95 Å². The fourth-order valence-corrected chi connectivity index (χ4v) is 3.73. The van der Waals surface area contributed by atoms with E-state index in [1.54, 1.807) is 0 Å². The Morgan fingerprint density at radius 3 is 2.69 bits per heavy atom. The van der Waals surface area contributed by atoms with Crippen molar-refractivity contribution in [2.24, 2.45) is 0 Å². The van der Waals surface area contributed by atoms with E-state index >= 15 is 0 Å². The third-order valence-corrected chi connectivity index (χ3v) is 5.17. The Labute approximate surface area is 168 Å². The van der Waals surface area contributed by atoms with Gasteiger partial charge in [-0.1, -0.05) is 36.4 Å². The van der Waals surface area contributed by atoms with Crippen LogP contribution in [0.3, 0.4) is 0 Å². The van der Waals surface area contributed by atoms with Gasteiger partial charge in [0, 0.05) is 19.6 Å². The molecular weight excluding hydrogens is 366 g/mol. The third-order valence-electron chi connectivity index (χ3n) is 5.17. The molecule has 0 amide bonds. The van der Waals surface area contributed by atoms with E-state index in [1.807, 2.05) is 13.3 Å². The molecule has 0 radical (unpaired) electrons. The maximum Gasteiger partial charge on any atom is 0.245 e. The van der Waals surface area contributed by atoms with Gasteiger partial charge < -0.3 is 18.9 Å². The van der Waals surface area contributed by atoms with E-state index in [9.17, 15) is 0 Å². The van der Waals surface area contributed by atoms with Crippen molar-refractivity contribution in [3.05, 3.63) is 54.4 Å². The van der Waals surface area contributed by atoms with Gasteiger partial charge >= 0.3 is 0 Å². The summed E-state index contributed by atoms with van der Waals surface area (Å²) in [5.74, 6) is 1.23. The molecule has 0 unspecified atom stereocenters. The zero-order valence-electron chi connectivity index (χ0n) is 16.4. The first-order valence-electron chi connectivity index (χ1n) is 9.98. The van der Waals surface area contributed by atoms with E-state index in [2.05, 4.69) is 56.9 Å². The zero-order valence-corrected chi connectivity index (χ0v) is 16.4. The Morgan fingerprint density at radius 2 is 1.86 bits per heavy atom. The maximum atomic E-state index is 5.89. The summed E-state index contributed by atoms with van der Waals surface area (Å²) >= 11 is 0. The second kappa shape index (κ2) is 7.67. The van der Waals surface area contributed by atoms with Crippen LogP contribution in [0, 0.1) is 0 Å². The molecule has 1 saturated heterocycles. The number of hydrogen-bond donors (Lipinski definition) is 0. The molecule has 1 fully saturated rings. The molecule has 2 aromatic heterocycles. The minimum atomic E-state index is 0.538. The number of aromatic nitrogens is 4. The first kappa shape index (κ1) is 17.9. The largest absolute Gasteiger partial charge is 0.476 e. The quantitative estimate of drug-likeness (QED) is 0.522. The van der Waals surface area contributed by atoms with Crippen molar-refractivity contribution in [2.75, 3.05) is 37.8 Å². The molecule has 0 N–H and O–H groups in total. The highest BCUT2D eigenvalue weighted by Gasteiger charge is 2.20. The lowest BCUT2D eigenvalue weighted by Gasteiger charge is -2.26. The molecule has 148 valence electrons. The summed E-state index contributed by atoms with van der Waals surface area (Å²) in [5.41, 5.74) is 2.69. The summed E-state index contributed by atoms with van der Waals surface area (Å²) in [7, 11) is 0. The number of nitrogens with zero attached hydrogens (tertiary/aromatic N) is 5. The predicted octanol–water partition coefficient (Wildman–Crippen LogP) is 3.26. The van der Waals surface area contributed by atoms with Crippen molar-refractivity contribution in [1.29, 1.82) is 0 Å². The number of morpholine rings is 1. The molecule has 0 atom stereocenters. The normalized spacial score (nSPS) is 14.6. The van der Waals surface area contributed by atoms with E-state index < -0.39 is 0 Å². The molecule has 1 aliphatic rings. The van der Waals surface area contributed by atoms with Crippen LogP contribution < -0.4 is 9.64 Å². The van der Waals surface area contributed by atoms with Crippen molar-refractivity contribution < 1.29 is 9.47 Å². The Balaban J connectivity index is 1.53. The summed E-state index contributed by atoms with van der Waals surface area (Å²) in [6, 6.07) is 14.9. The second-order valence-electron chi connectivity index (χ2n) is 7.09. The van der Waals surface area contributed by atoms with E-state index in [0.29, 0.717) is 43.8 Å². The van der Waals surface area contributed by atoms with Crippen LogP contribution in [0.15, 0.2) is 48.8 Å². The van der Waals surface area contributed by atoms with Crippen LogP contribution in [0.25, 0.3) is 21.9 Å². The van der Waals surface area contributed by atoms with Crippen LogP contribution in [-0.2, 0) is 11.3 Å². The molecule has 7 nitrogen and oxygen atoms in total. The van der Waals surface area contributed by atoms with Gasteiger partial charge in [0.1, 0.15) is 0 Å². The SMILES string of the molecule is CCOc1nc(N2CCOCC2)nc2ncn(Cc3ccc4ccccc4c3)c12. The fraction of sp³-hybridized carbons (Fsp3) is 0.318. The molecule has 1 aliphatic heterocycles. The van der Waals surface area contributed by atoms with Crippen molar-refractivity contribution in [3.8, 4) is 5.88 Å². The van der Waals surface area contributed by atoms with Crippen LogP contribution in [0.2, 0.25) is 0 Å². The molecule has 29 heavy (non-hydrogen) atoms. The Kier molecular flexibility index (Phi) is 4.73. The number of benzene rings is 2. The number of fused-ring (bicyclic) bond motifs is 2. The molecule has 3 heterocycles. The maximum absolute atomic E-state index is 5.89. The topological polar surface area (TPSA) is 65.3 Å². The highest BCUT2D eigenvalue weighted by Crippen LogP contribution is 2.27. The van der Waals surface area contributed by atoms with E-state index in [4.69, 9.17) is 19.4 Å². The van der Waals surface area contributed by atoms with Crippen LogP contribution in [-0.4, -0.2) is 52.4 Å². The molecule has 0 spiro atoms. The van der Waals surface area contributed by atoms with Crippen LogP contribution in [0.5, 0.6) is 5.88 Å². The monoisotopic (exact) mass is 389 g/mol. The summed E-state index contributed by atoms with van der Waals surface area (Å²) in [6.45, 7) is 6.09. The van der Waals surface area contributed by atoms with Crippen molar-refractivity contribution >= 4 is 27.9 Å². The van der Waals surface area contributed by atoms with E-state index in [0.717, 1.165) is 18.6 Å². The molecule has 2 aromatic carbocycles. The Hall–Kier alpha value is -3.19. The average Bonchev–Trinajstić information content (AvgIpc) is 3.17. The number of imidazole rings is 1. The third kappa shape index (κ3) is 3.49. The summed E-state index contributed by atoms with van der Waals surface area (Å²) in [4.78, 5) is 16.1. The van der Waals surface area contributed by atoms with Gasteiger partial charge in [0.25, 0.3) is 0 Å². The van der Waals surface area contributed by atoms with Gasteiger partial charge in [0.05, 0.1) is 26.1 Å². The number of anilines is 1. The Morgan fingerprint density at radius 1 is 1.03 bits per heavy atom. The molecular formula is C22H23N5O2. The van der Waals surface area contributed by atoms with Gasteiger partial charge in [-0.2, -0.15) is 9.97 Å². The summed E-state index contributed by atoms with van der Waals surface area (Å²) in [5, 5.41) is 2.46. The lowest BCUT2D eigenvalue weighted by molar-refractivity contribution is 0.122. The van der Waals surface area contributed by atoms with Crippen LogP contribution >= 0.6 is 0 Å². The zero-order chi connectivity index (χ0) is 19.6. The second-order valence-corrected chi connectivity index (χ2v) is 7.09. The first-order chi connectivity index (χ1) is 14.3. The lowest BCUT2D eigenvalue weighted by atomic mass is 10.1. The molecule has 5 rings (SSSR count). The summed E-state index contributed by atoms with van der Waals surface area (Å²) in [6.07, 6.45) is 1.82. The minimum Gasteiger partial charge on any atom is -0.476 e. The van der Waals surface area contributed by atoms with Gasteiger partial charge in [-0.3, -0.25) is 0 Å². The Bertz CT molecular complexity index is 1150. The van der Waals surface area contributed by atoms with Gasteiger partial charge in [0.15, 0.2) is 11.2 Å². The van der Waals surface area contributed by atoms with Crippen LogP contribution in [0.1, 0.15) is 12.5 Å². The lowest BCUT2D eigenvalue weighted by Crippen LogP contribution is -2.37. The number of ether oxygens (including phenoxy) is 2. The van der Waals surface area contributed by atoms with Crippen molar-refractivity contribution in [2.45, 2.75) is 13.5 Å². The molecule has 0 saturated carbocycles. The molecule has 7 heteroatoms. The molecule has 0 aliphatic carbocycles. The van der Waals surface area contributed by atoms with Crippen molar-refractivity contribution in [1.82, 2.24) is 19.5 Å². The highest BCUT2D eigenvalue weighted by molar-refractivity contribution is 5.83. The molecule has 4 aromatic rings. The molecule has 0 bridgehead atoms. The summed E-state index contributed by atoms with van der Waals surface area (Å²) < 4.78 is 13.4. The van der Waals surface area contributed by atoms with Gasteiger partial charge in [-0.25, -0.2) is 4.98 Å². The predicted molar refractivity (Wildman–Crippen MR) is 113 cm³/mol. The van der Waals surface area contributed by atoms with Gasteiger partial charge in [0.2, 0.25) is 11.8 Å². The van der Waals surface area contributed by atoms with E-state index in [1.165, 1.54) is 16.3 Å². The standard InChI is InChI=1S/C22H23N5O2/c1-2-29-21-19-20(24-22(25-21)26-9-11-28-12-10-26)23-15-27(19)14-16-7-8-17-5-3-4-6-18(17)13-16/h3-8,13,15H,2,9-12,14H2,1H3. The van der Waals surface area contributed by atoms with E-state index in [-0.39, 0.29) is 0 Å². The van der Waals surface area contributed by atoms with Gasteiger partial charge in [-0.15, -0.1) is 0 Å². The number of hydrogen-bond acceptors (Lipinski definition) is 6.